The third-order valence-electron chi connectivity index (χ3n) is 3.32. The number of aryl methyl sites for hydroxylation is 3. The molecule has 0 unspecified atom stereocenters. The summed E-state index contributed by atoms with van der Waals surface area (Å²) in [5.41, 5.74) is 7.33. The van der Waals surface area contributed by atoms with Crippen molar-refractivity contribution in [1.82, 2.24) is 9.99 Å². The van der Waals surface area contributed by atoms with E-state index in [4.69, 9.17) is 11.6 Å². The number of nitrogens with one attached hydrogen (secondary N) is 1. The highest BCUT2D eigenvalue weighted by Crippen LogP contribution is 2.20. The lowest BCUT2D eigenvalue weighted by molar-refractivity contribution is -0.114. The Morgan fingerprint density at radius 2 is 2.00 bits per heavy atom. The van der Waals surface area contributed by atoms with Gasteiger partial charge < -0.3 is 11.1 Å². The topological polar surface area (TPSA) is 114 Å². The molecule has 2 aromatic heterocycles. The Morgan fingerprint density at radius 3 is 2.68 bits per heavy atom. The summed E-state index contributed by atoms with van der Waals surface area (Å²) in [4.78, 5) is 27.5. The lowest BCUT2D eigenvalue weighted by Gasteiger charge is -2.12. The molecule has 2 rings (SSSR count). The van der Waals surface area contributed by atoms with Crippen molar-refractivity contribution in [2.24, 2.45) is 11.6 Å². The van der Waals surface area contributed by atoms with Crippen molar-refractivity contribution in [3.05, 3.63) is 33.0 Å². The molecule has 10 heteroatoms. The summed E-state index contributed by atoms with van der Waals surface area (Å²) in [6, 6.07) is 1.57. The standard InChI is InChI=1S/C15H21N5O2S2.ClH/c1-10(21)18-15-19-12(9-24-15)5-4-11-7-13(23-8-11)3-2-6-20(17)14(16)22;/h7-9H,2-6,17H2,1H3,(H2,16,22)(H,18,19,21);1H. The van der Waals surface area contributed by atoms with Crippen molar-refractivity contribution in [1.29, 1.82) is 0 Å². The van der Waals surface area contributed by atoms with E-state index >= 15 is 0 Å². The highest BCUT2D eigenvalue weighted by atomic mass is 35.5. The maximum absolute atomic E-state index is 11.0. The number of carbonyl (C=O) groups excluding carboxylic acids is 2. The van der Waals surface area contributed by atoms with E-state index in [0.717, 1.165) is 36.4 Å². The molecule has 138 valence electrons. The average Bonchev–Trinajstić information content (AvgIpc) is 3.13. The van der Waals surface area contributed by atoms with E-state index in [9.17, 15) is 9.59 Å². The minimum Gasteiger partial charge on any atom is -0.350 e. The van der Waals surface area contributed by atoms with Gasteiger partial charge in [0.25, 0.3) is 0 Å². The predicted octanol–water partition coefficient (Wildman–Crippen LogP) is 2.56. The first kappa shape index (κ1) is 21.4. The van der Waals surface area contributed by atoms with Gasteiger partial charge in [0, 0.05) is 23.7 Å². The van der Waals surface area contributed by atoms with E-state index in [2.05, 4.69) is 21.7 Å². The molecule has 0 aromatic carbocycles. The summed E-state index contributed by atoms with van der Waals surface area (Å²) in [5, 5.41) is 8.48. The van der Waals surface area contributed by atoms with Crippen LogP contribution in [0.3, 0.4) is 0 Å². The van der Waals surface area contributed by atoms with Crippen LogP contribution in [0.1, 0.15) is 29.5 Å². The fraction of sp³-hybridized carbons (Fsp3) is 0.400. The van der Waals surface area contributed by atoms with Gasteiger partial charge in [0.15, 0.2) is 5.13 Å². The Morgan fingerprint density at radius 1 is 1.24 bits per heavy atom. The Balaban J connectivity index is 0.00000312. The van der Waals surface area contributed by atoms with E-state index in [1.807, 2.05) is 5.38 Å². The van der Waals surface area contributed by atoms with Crippen LogP contribution in [0.4, 0.5) is 9.93 Å². The summed E-state index contributed by atoms with van der Waals surface area (Å²) in [5.74, 6) is 5.35. The van der Waals surface area contributed by atoms with Gasteiger partial charge in [-0.25, -0.2) is 15.6 Å². The van der Waals surface area contributed by atoms with E-state index in [1.165, 1.54) is 28.7 Å². The largest absolute Gasteiger partial charge is 0.350 e. The number of hydrogen-bond donors (Lipinski definition) is 3. The summed E-state index contributed by atoms with van der Waals surface area (Å²) >= 11 is 3.15. The van der Waals surface area contributed by atoms with Gasteiger partial charge in [0.05, 0.1) is 5.69 Å². The molecule has 0 aliphatic carbocycles. The second-order valence-electron chi connectivity index (χ2n) is 5.38. The monoisotopic (exact) mass is 403 g/mol. The molecular weight excluding hydrogens is 382 g/mol. The third kappa shape index (κ3) is 7.39. The maximum Gasteiger partial charge on any atom is 0.328 e. The second kappa shape index (κ2) is 10.3. The quantitative estimate of drug-likeness (QED) is 0.357. The lowest BCUT2D eigenvalue weighted by atomic mass is 10.1. The van der Waals surface area contributed by atoms with Crippen LogP contribution in [0.5, 0.6) is 0 Å². The highest BCUT2D eigenvalue weighted by molar-refractivity contribution is 7.13. The Kier molecular flexibility index (Phi) is 8.84. The summed E-state index contributed by atoms with van der Waals surface area (Å²) in [7, 11) is 0. The van der Waals surface area contributed by atoms with Gasteiger partial charge in [-0.05, 0) is 42.7 Å². The zero-order chi connectivity index (χ0) is 17.5. The molecule has 2 heterocycles. The number of anilines is 1. The first-order valence-electron chi connectivity index (χ1n) is 7.54. The predicted molar refractivity (Wildman–Crippen MR) is 104 cm³/mol. The molecule has 7 nitrogen and oxygen atoms in total. The van der Waals surface area contributed by atoms with Gasteiger partial charge in [0.1, 0.15) is 0 Å². The number of aromatic nitrogens is 1. The van der Waals surface area contributed by atoms with Gasteiger partial charge in [-0.1, -0.05) is 0 Å². The summed E-state index contributed by atoms with van der Waals surface area (Å²) in [6.07, 6.45) is 3.40. The molecular formula is C15H22ClN5O2S2. The smallest absolute Gasteiger partial charge is 0.328 e. The first-order chi connectivity index (χ1) is 11.4. The number of carbonyl (C=O) groups is 2. The van der Waals surface area contributed by atoms with E-state index in [-0.39, 0.29) is 18.3 Å². The fourth-order valence-electron chi connectivity index (χ4n) is 2.12. The van der Waals surface area contributed by atoms with Crippen LogP contribution >= 0.6 is 35.1 Å². The zero-order valence-corrected chi connectivity index (χ0v) is 16.3. The number of nitrogens with zero attached hydrogens (tertiary/aromatic N) is 2. The minimum atomic E-state index is -0.608. The van der Waals surface area contributed by atoms with Crippen molar-refractivity contribution < 1.29 is 9.59 Å². The molecule has 0 aliphatic rings. The number of primary amides is 1. The highest BCUT2D eigenvalue weighted by Gasteiger charge is 2.07. The third-order valence-corrected chi connectivity index (χ3v) is 5.17. The van der Waals surface area contributed by atoms with Crippen LogP contribution in [0, 0.1) is 0 Å². The van der Waals surface area contributed by atoms with Crippen molar-refractivity contribution in [3.63, 3.8) is 0 Å². The summed E-state index contributed by atoms with van der Waals surface area (Å²) < 4.78 is 0. The van der Waals surface area contributed by atoms with Crippen LogP contribution in [0.15, 0.2) is 16.8 Å². The van der Waals surface area contributed by atoms with Crippen molar-refractivity contribution in [3.8, 4) is 0 Å². The molecule has 25 heavy (non-hydrogen) atoms. The van der Waals surface area contributed by atoms with Crippen LogP contribution < -0.4 is 16.9 Å². The number of rotatable bonds is 8. The molecule has 3 amide bonds. The van der Waals surface area contributed by atoms with E-state index in [1.54, 1.807) is 11.3 Å². The van der Waals surface area contributed by atoms with Gasteiger partial charge in [-0.15, -0.1) is 35.1 Å². The fourth-order valence-corrected chi connectivity index (χ4v) is 3.89. The number of hydrazine groups is 1. The van der Waals surface area contributed by atoms with Crippen molar-refractivity contribution >= 4 is 52.2 Å². The lowest BCUT2D eigenvalue weighted by Crippen LogP contribution is -2.42. The van der Waals surface area contributed by atoms with Crippen LogP contribution in [-0.2, 0) is 24.1 Å². The molecule has 0 atom stereocenters. The number of amides is 3. The van der Waals surface area contributed by atoms with Gasteiger partial charge in [0.2, 0.25) is 5.91 Å². The first-order valence-corrected chi connectivity index (χ1v) is 9.30. The van der Waals surface area contributed by atoms with Gasteiger partial charge in [-0.3, -0.25) is 9.80 Å². The zero-order valence-electron chi connectivity index (χ0n) is 13.9. The number of thiazole rings is 1. The van der Waals surface area contributed by atoms with Crippen LogP contribution in [0.25, 0.3) is 0 Å². The molecule has 0 aliphatic heterocycles. The van der Waals surface area contributed by atoms with Crippen molar-refractivity contribution in [2.75, 3.05) is 11.9 Å². The Labute approximate surface area is 160 Å². The normalized spacial score (nSPS) is 10.2. The van der Waals surface area contributed by atoms with Crippen molar-refractivity contribution in [2.45, 2.75) is 32.6 Å². The molecule has 0 saturated carbocycles. The SMILES string of the molecule is CC(=O)Nc1nc(CCc2csc(CCCN(N)C(N)=O)c2)cs1.Cl. The minimum absolute atomic E-state index is 0. The second-order valence-corrected chi connectivity index (χ2v) is 7.24. The molecule has 0 radical (unpaired) electrons. The molecule has 5 N–H and O–H groups in total. The van der Waals surface area contributed by atoms with E-state index < -0.39 is 6.03 Å². The number of thiophene rings is 1. The molecule has 0 spiro atoms. The Hall–Kier alpha value is -1.68. The maximum atomic E-state index is 11.0. The molecule has 2 aromatic rings. The van der Waals surface area contributed by atoms with Gasteiger partial charge in [-0.2, -0.15) is 0 Å². The summed E-state index contributed by atoms with van der Waals surface area (Å²) in [6.45, 7) is 1.93. The number of hydrogen-bond acceptors (Lipinski definition) is 6. The molecule has 0 bridgehead atoms. The number of urea groups is 1. The number of nitrogens with two attached hydrogens (primary N) is 2. The van der Waals surface area contributed by atoms with Gasteiger partial charge >= 0.3 is 6.03 Å². The van der Waals surface area contributed by atoms with Crippen LogP contribution in [0.2, 0.25) is 0 Å². The van der Waals surface area contributed by atoms with Crippen LogP contribution in [-0.4, -0.2) is 28.5 Å². The molecule has 0 saturated heterocycles. The van der Waals surface area contributed by atoms with E-state index in [0.29, 0.717) is 11.7 Å². The molecule has 0 fully saturated rings. The average molecular weight is 404 g/mol. The number of halogens is 1. The Bertz CT molecular complexity index is 704.